The Balaban J connectivity index is 1.76. The van der Waals surface area contributed by atoms with Gasteiger partial charge in [0.25, 0.3) is 5.88 Å². The Labute approximate surface area is 126 Å². The molecule has 0 aliphatic carbocycles. The van der Waals surface area contributed by atoms with E-state index in [1.165, 1.54) is 13.2 Å². The van der Waals surface area contributed by atoms with Crippen LogP contribution in [0.25, 0.3) is 0 Å². The van der Waals surface area contributed by atoms with E-state index in [1.54, 1.807) is 31.2 Å². The van der Waals surface area contributed by atoms with Gasteiger partial charge in [0.05, 0.1) is 7.11 Å². The van der Waals surface area contributed by atoms with Crippen LogP contribution in [0.4, 0.5) is 0 Å². The summed E-state index contributed by atoms with van der Waals surface area (Å²) in [5.41, 5.74) is 0.432. The number of carbonyl (C=O) groups excluding carboxylic acids is 2. The molecule has 7 heteroatoms. The van der Waals surface area contributed by atoms with Crippen molar-refractivity contribution in [1.82, 2.24) is 5.16 Å². The molecule has 1 aromatic heterocycles. The predicted molar refractivity (Wildman–Crippen MR) is 75.0 cm³/mol. The Bertz CT molecular complexity index is 646. The summed E-state index contributed by atoms with van der Waals surface area (Å²) in [5, 5.41) is 3.56. The second-order valence-corrected chi connectivity index (χ2v) is 4.38. The van der Waals surface area contributed by atoms with Crippen molar-refractivity contribution in [3.05, 3.63) is 41.7 Å². The molecule has 116 valence electrons. The van der Waals surface area contributed by atoms with Gasteiger partial charge in [0, 0.05) is 11.6 Å². The van der Waals surface area contributed by atoms with Gasteiger partial charge in [-0.1, -0.05) is 0 Å². The van der Waals surface area contributed by atoms with Crippen molar-refractivity contribution in [2.24, 2.45) is 0 Å². The Hall–Kier alpha value is -2.83. The van der Waals surface area contributed by atoms with Crippen molar-refractivity contribution in [3.8, 4) is 11.6 Å². The molecule has 0 fully saturated rings. The number of benzene rings is 1. The van der Waals surface area contributed by atoms with Crippen LogP contribution in [0.3, 0.4) is 0 Å². The fourth-order valence-corrected chi connectivity index (χ4v) is 1.59. The van der Waals surface area contributed by atoms with Crippen LogP contribution in [-0.2, 0) is 9.53 Å². The fraction of sp³-hybridized carbons (Fsp3) is 0.267. The third-order valence-corrected chi connectivity index (χ3v) is 2.72. The van der Waals surface area contributed by atoms with Crippen molar-refractivity contribution >= 4 is 11.8 Å². The van der Waals surface area contributed by atoms with Crippen LogP contribution in [0, 0.1) is 6.92 Å². The van der Waals surface area contributed by atoms with E-state index in [4.69, 9.17) is 18.7 Å². The molecular formula is C15H15NO6. The number of aryl methyl sites for hydroxylation is 1. The molecule has 0 N–H and O–H groups in total. The molecule has 0 unspecified atom stereocenters. The Morgan fingerprint density at radius 1 is 1.18 bits per heavy atom. The summed E-state index contributed by atoms with van der Waals surface area (Å²) in [6, 6.07) is 8.05. The highest BCUT2D eigenvalue weighted by Crippen LogP contribution is 2.12. The lowest BCUT2D eigenvalue weighted by Gasteiger charge is -2.05. The van der Waals surface area contributed by atoms with E-state index in [0.717, 1.165) is 0 Å². The smallest absolute Gasteiger partial charge is 0.344 e. The van der Waals surface area contributed by atoms with E-state index in [9.17, 15) is 9.59 Å². The molecular weight excluding hydrogens is 290 g/mol. The lowest BCUT2D eigenvalue weighted by Crippen LogP contribution is -2.19. The number of rotatable bonds is 7. The number of hydrogen-bond acceptors (Lipinski definition) is 7. The third kappa shape index (κ3) is 4.34. The Kier molecular flexibility index (Phi) is 5.13. The molecule has 22 heavy (non-hydrogen) atoms. The quantitative estimate of drug-likeness (QED) is 0.569. The number of ether oxygens (including phenoxy) is 3. The van der Waals surface area contributed by atoms with Gasteiger partial charge in [-0.2, -0.15) is 0 Å². The highest BCUT2D eigenvalue weighted by molar-refractivity contribution is 5.98. The van der Waals surface area contributed by atoms with Gasteiger partial charge in [-0.05, 0) is 36.3 Å². The monoisotopic (exact) mass is 305 g/mol. The highest BCUT2D eigenvalue weighted by Gasteiger charge is 2.11. The zero-order valence-electron chi connectivity index (χ0n) is 12.2. The third-order valence-electron chi connectivity index (χ3n) is 2.72. The van der Waals surface area contributed by atoms with Crippen LogP contribution in [0.1, 0.15) is 16.1 Å². The van der Waals surface area contributed by atoms with Gasteiger partial charge in [0.2, 0.25) is 0 Å². The van der Waals surface area contributed by atoms with Crippen molar-refractivity contribution < 1.29 is 28.3 Å². The molecule has 0 saturated carbocycles. The number of Topliss-reactive ketones (excluding diaryl/α,β-unsaturated/α-hetero) is 1. The van der Waals surface area contributed by atoms with E-state index in [0.29, 0.717) is 17.1 Å². The predicted octanol–water partition coefficient (Wildman–Crippen LogP) is 1.80. The molecule has 0 amide bonds. The average molecular weight is 305 g/mol. The van der Waals surface area contributed by atoms with Gasteiger partial charge in [0.1, 0.15) is 11.5 Å². The zero-order chi connectivity index (χ0) is 15.9. The minimum Gasteiger partial charge on any atom is -0.497 e. The first-order chi connectivity index (χ1) is 10.6. The van der Waals surface area contributed by atoms with Gasteiger partial charge < -0.3 is 18.7 Å². The summed E-state index contributed by atoms with van der Waals surface area (Å²) in [5.74, 6) is 0.426. The second kappa shape index (κ2) is 7.26. The number of esters is 1. The molecule has 7 nitrogen and oxygen atoms in total. The van der Waals surface area contributed by atoms with E-state index in [2.05, 4.69) is 5.16 Å². The maximum Gasteiger partial charge on any atom is 0.344 e. The number of nitrogens with zero attached hydrogens (tertiary/aromatic N) is 1. The topological polar surface area (TPSA) is 87.9 Å². The normalized spacial score (nSPS) is 10.1. The molecule has 0 aliphatic heterocycles. The number of hydrogen-bond donors (Lipinski definition) is 0. The number of aromatic nitrogens is 1. The summed E-state index contributed by atoms with van der Waals surface area (Å²) < 4.78 is 19.7. The second-order valence-electron chi connectivity index (χ2n) is 4.38. The van der Waals surface area contributed by atoms with Gasteiger partial charge >= 0.3 is 5.97 Å². The zero-order valence-corrected chi connectivity index (χ0v) is 12.2. The Morgan fingerprint density at radius 3 is 2.50 bits per heavy atom. The van der Waals surface area contributed by atoms with Crippen molar-refractivity contribution in [2.45, 2.75) is 6.92 Å². The van der Waals surface area contributed by atoms with Crippen LogP contribution in [0.15, 0.2) is 34.9 Å². The van der Waals surface area contributed by atoms with E-state index < -0.39 is 5.97 Å². The van der Waals surface area contributed by atoms with Crippen LogP contribution in [-0.4, -0.2) is 37.2 Å². The summed E-state index contributed by atoms with van der Waals surface area (Å²) in [7, 11) is 1.54. The molecule has 0 aliphatic rings. The number of carbonyl (C=O) groups is 2. The average Bonchev–Trinajstić information content (AvgIpc) is 2.96. The van der Waals surface area contributed by atoms with Crippen LogP contribution < -0.4 is 9.47 Å². The number of ketones is 1. The van der Waals surface area contributed by atoms with Gasteiger partial charge in [-0.25, -0.2) is 4.79 Å². The SMILES string of the molecule is COc1ccc(C(=O)COC(=O)COc2cc(C)on2)cc1. The highest BCUT2D eigenvalue weighted by atomic mass is 16.6. The van der Waals surface area contributed by atoms with Gasteiger partial charge in [-0.15, -0.1) is 0 Å². The molecule has 2 aromatic rings. The first-order valence-electron chi connectivity index (χ1n) is 6.47. The van der Waals surface area contributed by atoms with Crippen molar-refractivity contribution in [1.29, 1.82) is 0 Å². The van der Waals surface area contributed by atoms with Gasteiger partial charge in [0.15, 0.2) is 19.0 Å². The molecule has 0 bridgehead atoms. The van der Waals surface area contributed by atoms with Crippen LogP contribution in [0.2, 0.25) is 0 Å². The van der Waals surface area contributed by atoms with Crippen molar-refractivity contribution in [3.63, 3.8) is 0 Å². The van der Waals surface area contributed by atoms with E-state index in [1.807, 2.05) is 0 Å². The maximum atomic E-state index is 11.8. The molecule has 2 rings (SSSR count). The summed E-state index contributed by atoms with van der Waals surface area (Å²) in [4.78, 5) is 23.3. The standard InChI is InChI=1S/C15H15NO6/c1-10-7-14(16-22-10)20-9-15(18)21-8-13(17)11-3-5-12(19-2)6-4-11/h3-7H,8-9H2,1-2H3. The largest absolute Gasteiger partial charge is 0.497 e. The molecule has 0 spiro atoms. The fourth-order valence-electron chi connectivity index (χ4n) is 1.59. The van der Waals surface area contributed by atoms with E-state index >= 15 is 0 Å². The summed E-state index contributed by atoms with van der Waals surface area (Å²) in [6.45, 7) is 1.000. The molecule has 0 atom stereocenters. The molecule has 0 saturated heterocycles. The van der Waals surface area contributed by atoms with Crippen LogP contribution in [0.5, 0.6) is 11.6 Å². The van der Waals surface area contributed by atoms with Crippen LogP contribution >= 0.6 is 0 Å². The molecule has 1 heterocycles. The summed E-state index contributed by atoms with van der Waals surface area (Å²) in [6.07, 6.45) is 0. The van der Waals surface area contributed by atoms with Gasteiger partial charge in [-0.3, -0.25) is 4.79 Å². The minimum atomic E-state index is -0.664. The first-order valence-corrected chi connectivity index (χ1v) is 6.47. The first kappa shape index (κ1) is 15.6. The lowest BCUT2D eigenvalue weighted by molar-refractivity contribution is -0.144. The minimum absolute atomic E-state index is 0.191. The summed E-state index contributed by atoms with van der Waals surface area (Å²) >= 11 is 0. The molecule has 1 aromatic carbocycles. The maximum absolute atomic E-state index is 11.8. The molecule has 0 radical (unpaired) electrons. The Morgan fingerprint density at radius 2 is 1.91 bits per heavy atom. The van der Waals surface area contributed by atoms with Crippen molar-refractivity contribution in [2.75, 3.05) is 20.3 Å². The van der Waals surface area contributed by atoms with E-state index in [-0.39, 0.29) is 24.9 Å². The lowest BCUT2D eigenvalue weighted by atomic mass is 10.1. The number of methoxy groups -OCH3 is 1.